The molecule has 0 aromatic heterocycles. The van der Waals surface area contributed by atoms with E-state index in [9.17, 15) is 0 Å². The summed E-state index contributed by atoms with van der Waals surface area (Å²) in [6.45, 7) is 0.705. The van der Waals surface area contributed by atoms with Crippen molar-refractivity contribution in [3.63, 3.8) is 0 Å². The van der Waals surface area contributed by atoms with Crippen LogP contribution in [0.4, 0.5) is 11.4 Å². The molecule has 0 amide bonds. The fraction of sp³-hybridized carbons (Fsp3) is 0.200. The third-order valence-corrected chi connectivity index (χ3v) is 3.36. The highest BCUT2D eigenvalue weighted by atomic mass is 35.5. The molecule has 0 saturated carbocycles. The molecule has 19 heavy (non-hydrogen) atoms. The number of halogens is 1. The molecular formula is C15H17ClN2O. The van der Waals surface area contributed by atoms with Gasteiger partial charge >= 0.3 is 0 Å². The van der Waals surface area contributed by atoms with E-state index in [1.54, 1.807) is 13.2 Å². The molecule has 0 unspecified atom stereocenters. The van der Waals surface area contributed by atoms with Crippen molar-refractivity contribution in [2.45, 2.75) is 6.54 Å². The van der Waals surface area contributed by atoms with Crippen LogP contribution in [0.1, 0.15) is 5.56 Å². The molecule has 100 valence electrons. The van der Waals surface area contributed by atoms with Crippen molar-refractivity contribution in [3.05, 3.63) is 53.1 Å². The number of nitrogen functional groups attached to an aromatic ring is 1. The number of ether oxygens (including phenoxy) is 1. The number of hydrogen-bond donors (Lipinski definition) is 1. The largest absolute Gasteiger partial charge is 0.497 e. The first-order chi connectivity index (χ1) is 9.10. The highest BCUT2D eigenvalue weighted by Crippen LogP contribution is 2.24. The maximum absolute atomic E-state index is 6.17. The van der Waals surface area contributed by atoms with E-state index in [0.717, 1.165) is 27.7 Å². The van der Waals surface area contributed by atoms with Gasteiger partial charge in [-0.3, -0.25) is 0 Å². The molecule has 0 heterocycles. The topological polar surface area (TPSA) is 38.5 Å². The van der Waals surface area contributed by atoms with Crippen LogP contribution >= 0.6 is 11.6 Å². The predicted molar refractivity (Wildman–Crippen MR) is 81.0 cm³/mol. The number of benzene rings is 2. The van der Waals surface area contributed by atoms with Gasteiger partial charge in [-0.15, -0.1) is 0 Å². The zero-order chi connectivity index (χ0) is 13.8. The zero-order valence-corrected chi connectivity index (χ0v) is 11.8. The second-order valence-corrected chi connectivity index (χ2v) is 4.81. The molecule has 2 aromatic carbocycles. The van der Waals surface area contributed by atoms with E-state index < -0.39 is 0 Å². The Morgan fingerprint density at radius 3 is 2.47 bits per heavy atom. The number of methoxy groups -OCH3 is 1. The van der Waals surface area contributed by atoms with Crippen molar-refractivity contribution in [3.8, 4) is 5.75 Å². The van der Waals surface area contributed by atoms with Crippen molar-refractivity contribution < 1.29 is 4.74 Å². The Labute approximate surface area is 118 Å². The minimum Gasteiger partial charge on any atom is -0.497 e. The molecule has 0 spiro atoms. The van der Waals surface area contributed by atoms with Crippen LogP contribution in [-0.4, -0.2) is 14.2 Å². The minimum atomic E-state index is 0.705. The van der Waals surface area contributed by atoms with E-state index in [0.29, 0.717) is 6.54 Å². The second-order valence-electron chi connectivity index (χ2n) is 4.40. The van der Waals surface area contributed by atoms with Crippen LogP contribution < -0.4 is 15.4 Å². The van der Waals surface area contributed by atoms with Crippen LogP contribution in [0, 0.1) is 0 Å². The molecule has 0 aliphatic rings. The summed E-state index contributed by atoms with van der Waals surface area (Å²) in [6, 6.07) is 13.4. The first-order valence-electron chi connectivity index (χ1n) is 5.99. The summed E-state index contributed by atoms with van der Waals surface area (Å²) < 4.78 is 5.15. The van der Waals surface area contributed by atoms with Crippen molar-refractivity contribution in [1.29, 1.82) is 0 Å². The van der Waals surface area contributed by atoms with Gasteiger partial charge in [0.15, 0.2) is 0 Å². The van der Waals surface area contributed by atoms with Gasteiger partial charge in [-0.1, -0.05) is 11.6 Å². The Morgan fingerprint density at radius 2 is 1.84 bits per heavy atom. The molecule has 2 N–H and O–H groups in total. The zero-order valence-electron chi connectivity index (χ0n) is 11.1. The van der Waals surface area contributed by atoms with Crippen LogP contribution in [0.5, 0.6) is 5.75 Å². The molecule has 0 saturated heterocycles. The Hall–Kier alpha value is -1.87. The Kier molecular flexibility index (Phi) is 4.17. The molecule has 0 aliphatic carbocycles. The number of hydrogen-bond acceptors (Lipinski definition) is 3. The summed E-state index contributed by atoms with van der Waals surface area (Å²) in [5.74, 6) is 0.846. The van der Waals surface area contributed by atoms with Gasteiger partial charge in [0.1, 0.15) is 5.75 Å². The van der Waals surface area contributed by atoms with Gasteiger partial charge in [0.2, 0.25) is 0 Å². The highest BCUT2D eigenvalue weighted by molar-refractivity contribution is 6.31. The van der Waals surface area contributed by atoms with Gasteiger partial charge in [0, 0.05) is 30.0 Å². The molecular weight excluding hydrogens is 260 g/mol. The Balaban J connectivity index is 2.15. The molecule has 3 nitrogen and oxygen atoms in total. The molecule has 0 bridgehead atoms. The molecule has 0 radical (unpaired) electrons. The fourth-order valence-corrected chi connectivity index (χ4v) is 2.08. The van der Waals surface area contributed by atoms with E-state index in [4.69, 9.17) is 22.1 Å². The SMILES string of the molecule is COc1ccc(N(C)Cc2cc(N)ccc2Cl)cc1. The lowest BCUT2D eigenvalue weighted by Crippen LogP contribution is -2.16. The molecule has 0 fully saturated rings. The van der Waals surface area contributed by atoms with E-state index in [1.165, 1.54) is 0 Å². The molecule has 2 aromatic rings. The summed E-state index contributed by atoms with van der Waals surface area (Å²) >= 11 is 6.17. The average Bonchev–Trinajstić information content (AvgIpc) is 2.43. The summed E-state index contributed by atoms with van der Waals surface area (Å²) in [5.41, 5.74) is 8.62. The number of nitrogens with zero attached hydrogens (tertiary/aromatic N) is 1. The van der Waals surface area contributed by atoms with Crippen molar-refractivity contribution in [2.75, 3.05) is 24.8 Å². The van der Waals surface area contributed by atoms with Gasteiger partial charge in [0.25, 0.3) is 0 Å². The predicted octanol–water partition coefficient (Wildman–Crippen LogP) is 3.57. The van der Waals surface area contributed by atoms with E-state index in [2.05, 4.69) is 4.90 Å². The third kappa shape index (κ3) is 3.32. The van der Waals surface area contributed by atoms with Crippen LogP contribution in [-0.2, 0) is 6.54 Å². The minimum absolute atomic E-state index is 0.705. The van der Waals surface area contributed by atoms with Gasteiger partial charge in [-0.25, -0.2) is 0 Å². The summed E-state index contributed by atoms with van der Waals surface area (Å²) in [7, 11) is 3.67. The Bertz CT molecular complexity index is 555. The van der Waals surface area contributed by atoms with Crippen molar-refractivity contribution in [2.24, 2.45) is 0 Å². The summed E-state index contributed by atoms with van der Waals surface area (Å²) in [4.78, 5) is 2.11. The number of rotatable bonds is 4. The fourth-order valence-electron chi connectivity index (χ4n) is 1.90. The maximum atomic E-state index is 6.17. The van der Waals surface area contributed by atoms with Gasteiger partial charge in [-0.05, 0) is 48.0 Å². The van der Waals surface area contributed by atoms with Crippen LogP contribution in [0.3, 0.4) is 0 Å². The van der Waals surface area contributed by atoms with Gasteiger partial charge < -0.3 is 15.4 Å². The van der Waals surface area contributed by atoms with Gasteiger partial charge in [-0.2, -0.15) is 0 Å². The number of nitrogens with two attached hydrogens (primary N) is 1. The average molecular weight is 277 g/mol. The lowest BCUT2D eigenvalue weighted by molar-refractivity contribution is 0.415. The van der Waals surface area contributed by atoms with Crippen molar-refractivity contribution >= 4 is 23.0 Å². The highest BCUT2D eigenvalue weighted by Gasteiger charge is 2.06. The lowest BCUT2D eigenvalue weighted by atomic mass is 10.2. The van der Waals surface area contributed by atoms with E-state index in [1.807, 2.05) is 43.4 Å². The molecule has 2 rings (SSSR count). The number of anilines is 2. The molecule has 0 atom stereocenters. The van der Waals surface area contributed by atoms with Gasteiger partial charge in [0.05, 0.1) is 7.11 Å². The first-order valence-corrected chi connectivity index (χ1v) is 6.37. The van der Waals surface area contributed by atoms with Crippen LogP contribution in [0.25, 0.3) is 0 Å². The summed E-state index contributed by atoms with van der Waals surface area (Å²) in [5, 5.41) is 0.731. The quantitative estimate of drug-likeness (QED) is 0.868. The smallest absolute Gasteiger partial charge is 0.119 e. The normalized spacial score (nSPS) is 10.3. The lowest BCUT2D eigenvalue weighted by Gasteiger charge is -2.20. The first kappa shape index (κ1) is 13.6. The third-order valence-electron chi connectivity index (χ3n) is 2.99. The summed E-state index contributed by atoms with van der Waals surface area (Å²) in [6.07, 6.45) is 0. The van der Waals surface area contributed by atoms with Crippen LogP contribution in [0.15, 0.2) is 42.5 Å². The van der Waals surface area contributed by atoms with Crippen molar-refractivity contribution in [1.82, 2.24) is 0 Å². The second kappa shape index (κ2) is 5.85. The standard InChI is InChI=1S/C15H17ClN2O/c1-18(13-4-6-14(19-2)7-5-13)10-11-9-12(17)3-8-15(11)16/h3-9H,10,17H2,1-2H3. The molecule has 4 heteroatoms. The van der Waals surface area contributed by atoms with E-state index >= 15 is 0 Å². The van der Waals surface area contributed by atoms with E-state index in [-0.39, 0.29) is 0 Å². The Morgan fingerprint density at radius 1 is 1.16 bits per heavy atom. The maximum Gasteiger partial charge on any atom is 0.119 e. The van der Waals surface area contributed by atoms with Crippen LogP contribution in [0.2, 0.25) is 5.02 Å². The molecule has 0 aliphatic heterocycles. The monoisotopic (exact) mass is 276 g/mol.